The zero-order chi connectivity index (χ0) is 17.7. The number of ether oxygens (including phenoxy) is 2. The first-order chi connectivity index (χ1) is 12.0. The topological polar surface area (TPSA) is 67.4 Å². The Morgan fingerprint density at radius 2 is 1.80 bits per heavy atom. The third-order valence-electron chi connectivity index (χ3n) is 4.83. The maximum atomic E-state index is 12.9. The number of hydrogen-bond donors (Lipinski definition) is 0. The minimum Gasteiger partial charge on any atom is -0.497 e. The van der Waals surface area contributed by atoms with Crippen LogP contribution in [-0.2, 0) is 32.0 Å². The molecule has 0 spiro atoms. The molecule has 7 heteroatoms. The summed E-state index contributed by atoms with van der Waals surface area (Å²) in [4.78, 5) is 25.3. The Labute approximate surface area is 143 Å². The Kier molecular flexibility index (Phi) is 3.54. The van der Waals surface area contributed by atoms with E-state index in [9.17, 15) is 9.59 Å². The monoisotopic (exact) mass is 341 g/mol. The van der Waals surface area contributed by atoms with E-state index in [-0.39, 0.29) is 11.2 Å². The van der Waals surface area contributed by atoms with Crippen molar-refractivity contribution in [2.24, 2.45) is 14.1 Å². The van der Waals surface area contributed by atoms with Crippen LogP contribution in [0.5, 0.6) is 5.75 Å². The van der Waals surface area contributed by atoms with Crippen molar-refractivity contribution in [2.75, 3.05) is 13.7 Å². The Morgan fingerprint density at radius 1 is 1.08 bits per heavy atom. The van der Waals surface area contributed by atoms with Gasteiger partial charge in [-0.3, -0.25) is 13.9 Å². The second-order valence-corrected chi connectivity index (χ2v) is 6.16. The van der Waals surface area contributed by atoms with Gasteiger partial charge >= 0.3 is 5.69 Å². The fourth-order valence-electron chi connectivity index (χ4n) is 3.56. The van der Waals surface area contributed by atoms with Gasteiger partial charge in [-0.05, 0) is 29.8 Å². The molecule has 2 aromatic heterocycles. The van der Waals surface area contributed by atoms with Crippen LogP contribution < -0.4 is 16.0 Å². The molecule has 3 aromatic rings. The fourth-order valence-corrected chi connectivity index (χ4v) is 3.56. The van der Waals surface area contributed by atoms with Crippen LogP contribution in [-0.4, -0.2) is 27.4 Å². The molecule has 1 aliphatic rings. The van der Waals surface area contributed by atoms with E-state index < -0.39 is 0 Å². The van der Waals surface area contributed by atoms with Crippen molar-refractivity contribution in [3.05, 3.63) is 50.8 Å². The minimum atomic E-state index is -0.335. The summed E-state index contributed by atoms with van der Waals surface area (Å²) in [5.74, 6) is 0.752. The van der Waals surface area contributed by atoms with E-state index in [1.807, 2.05) is 24.3 Å². The van der Waals surface area contributed by atoms with Crippen LogP contribution in [0.1, 0.15) is 5.69 Å². The SMILES string of the molecule is COc1ccc(-c2c3c(=O)n(C)c(=O)n(C)c3c3n2CCOC3)cc1. The Balaban J connectivity index is 2.16. The van der Waals surface area contributed by atoms with E-state index in [0.717, 1.165) is 27.3 Å². The summed E-state index contributed by atoms with van der Waals surface area (Å²) in [6.07, 6.45) is 0. The van der Waals surface area contributed by atoms with Gasteiger partial charge in [-0.15, -0.1) is 0 Å². The lowest BCUT2D eigenvalue weighted by Gasteiger charge is -2.19. The average molecular weight is 341 g/mol. The molecule has 7 nitrogen and oxygen atoms in total. The van der Waals surface area contributed by atoms with Crippen LogP contribution in [0.3, 0.4) is 0 Å². The molecule has 3 heterocycles. The highest BCUT2D eigenvalue weighted by Gasteiger charge is 2.26. The molecule has 0 aliphatic carbocycles. The summed E-state index contributed by atoms with van der Waals surface area (Å²) in [7, 11) is 4.82. The van der Waals surface area contributed by atoms with E-state index in [4.69, 9.17) is 9.47 Å². The van der Waals surface area contributed by atoms with Gasteiger partial charge in [-0.1, -0.05) is 0 Å². The van der Waals surface area contributed by atoms with Crippen LogP contribution in [0.2, 0.25) is 0 Å². The van der Waals surface area contributed by atoms with Gasteiger partial charge in [0.05, 0.1) is 42.6 Å². The highest BCUT2D eigenvalue weighted by atomic mass is 16.5. The van der Waals surface area contributed by atoms with Crippen LogP contribution in [0.25, 0.3) is 22.2 Å². The average Bonchev–Trinajstić information content (AvgIpc) is 3.00. The number of rotatable bonds is 2. The van der Waals surface area contributed by atoms with Crippen molar-refractivity contribution < 1.29 is 9.47 Å². The summed E-state index contributed by atoms with van der Waals surface area (Å²) in [5, 5.41) is 0.551. The van der Waals surface area contributed by atoms with Crippen LogP contribution >= 0.6 is 0 Å². The second-order valence-electron chi connectivity index (χ2n) is 6.16. The maximum absolute atomic E-state index is 12.9. The highest BCUT2D eigenvalue weighted by molar-refractivity contribution is 5.96. The van der Waals surface area contributed by atoms with E-state index in [0.29, 0.717) is 30.7 Å². The third kappa shape index (κ3) is 2.16. The minimum absolute atomic E-state index is 0.286. The first-order valence-electron chi connectivity index (χ1n) is 8.08. The zero-order valence-corrected chi connectivity index (χ0v) is 14.4. The normalized spacial score (nSPS) is 13.9. The summed E-state index contributed by atoms with van der Waals surface area (Å²) in [5.41, 5.74) is 2.63. The van der Waals surface area contributed by atoms with E-state index in [1.165, 1.54) is 11.6 Å². The van der Waals surface area contributed by atoms with E-state index >= 15 is 0 Å². The molecule has 0 bridgehead atoms. The smallest absolute Gasteiger partial charge is 0.331 e. The molecule has 4 rings (SSSR count). The van der Waals surface area contributed by atoms with Crippen molar-refractivity contribution >= 4 is 10.9 Å². The highest BCUT2D eigenvalue weighted by Crippen LogP contribution is 2.34. The number of aryl methyl sites for hydroxylation is 1. The molecule has 130 valence electrons. The van der Waals surface area contributed by atoms with E-state index in [2.05, 4.69) is 4.57 Å². The summed E-state index contributed by atoms with van der Waals surface area (Å²) in [6, 6.07) is 7.60. The van der Waals surface area contributed by atoms with Gasteiger partial charge < -0.3 is 14.0 Å². The summed E-state index contributed by atoms with van der Waals surface area (Å²) >= 11 is 0. The summed E-state index contributed by atoms with van der Waals surface area (Å²) < 4.78 is 15.6. The predicted molar refractivity (Wildman–Crippen MR) is 94.1 cm³/mol. The molecule has 25 heavy (non-hydrogen) atoms. The number of methoxy groups -OCH3 is 1. The third-order valence-corrected chi connectivity index (χ3v) is 4.83. The molecule has 0 radical (unpaired) electrons. The molecule has 0 fully saturated rings. The molecule has 0 atom stereocenters. The lowest BCUT2D eigenvalue weighted by molar-refractivity contribution is 0.0864. The number of hydrogen-bond acceptors (Lipinski definition) is 4. The van der Waals surface area contributed by atoms with Gasteiger partial charge in [0.1, 0.15) is 5.75 Å². The van der Waals surface area contributed by atoms with Crippen LogP contribution in [0.15, 0.2) is 33.9 Å². The number of nitrogens with zero attached hydrogens (tertiary/aromatic N) is 3. The Morgan fingerprint density at radius 3 is 2.48 bits per heavy atom. The predicted octanol–water partition coefficient (Wildman–Crippen LogP) is 1.24. The molecule has 0 amide bonds. The van der Waals surface area contributed by atoms with Crippen LogP contribution in [0.4, 0.5) is 0 Å². The van der Waals surface area contributed by atoms with Gasteiger partial charge in [-0.2, -0.15) is 0 Å². The zero-order valence-electron chi connectivity index (χ0n) is 14.4. The second kappa shape index (κ2) is 5.63. The van der Waals surface area contributed by atoms with Crippen molar-refractivity contribution in [2.45, 2.75) is 13.2 Å². The first-order valence-corrected chi connectivity index (χ1v) is 8.08. The van der Waals surface area contributed by atoms with Gasteiger partial charge in [0.25, 0.3) is 5.56 Å². The van der Waals surface area contributed by atoms with Gasteiger partial charge in [0.2, 0.25) is 0 Å². The molecule has 1 aromatic carbocycles. The fraction of sp³-hybridized carbons (Fsp3) is 0.333. The van der Waals surface area contributed by atoms with Crippen LogP contribution in [0, 0.1) is 0 Å². The molecular formula is C18H19N3O4. The molecule has 1 aliphatic heterocycles. The van der Waals surface area contributed by atoms with Crippen molar-refractivity contribution in [1.29, 1.82) is 0 Å². The quantitative estimate of drug-likeness (QED) is 0.703. The molecule has 0 saturated heterocycles. The standard InChI is InChI=1S/C18H19N3O4/c1-19-16-13-10-25-9-8-21(13)15(11-4-6-12(24-3)7-5-11)14(16)17(22)20(2)18(19)23/h4-7H,8-10H2,1-3H3. The van der Waals surface area contributed by atoms with E-state index in [1.54, 1.807) is 14.2 Å². The first kappa shape index (κ1) is 15.7. The van der Waals surface area contributed by atoms with Crippen molar-refractivity contribution in [1.82, 2.24) is 13.7 Å². The van der Waals surface area contributed by atoms with Gasteiger partial charge in [0, 0.05) is 20.6 Å². The van der Waals surface area contributed by atoms with Gasteiger partial charge in [0.15, 0.2) is 0 Å². The Bertz CT molecular complexity index is 1090. The molecular weight excluding hydrogens is 322 g/mol. The van der Waals surface area contributed by atoms with Gasteiger partial charge in [-0.25, -0.2) is 4.79 Å². The number of fused-ring (bicyclic) bond motifs is 3. The number of aromatic nitrogens is 3. The van der Waals surface area contributed by atoms with Crippen molar-refractivity contribution in [3.8, 4) is 17.0 Å². The largest absolute Gasteiger partial charge is 0.497 e. The Hall–Kier alpha value is -2.80. The molecule has 0 saturated carbocycles. The van der Waals surface area contributed by atoms with Crippen molar-refractivity contribution in [3.63, 3.8) is 0 Å². The maximum Gasteiger partial charge on any atom is 0.331 e. The molecule has 0 unspecified atom stereocenters. The number of benzene rings is 1. The molecule has 0 N–H and O–H groups in total. The summed E-state index contributed by atoms with van der Waals surface area (Å²) in [6.45, 7) is 1.60. The lowest BCUT2D eigenvalue weighted by Crippen LogP contribution is -2.36. The lowest BCUT2D eigenvalue weighted by atomic mass is 10.1.